The van der Waals surface area contributed by atoms with E-state index in [1.54, 1.807) is 18.2 Å². The van der Waals surface area contributed by atoms with Crippen LogP contribution in [0.15, 0.2) is 53.7 Å². The second kappa shape index (κ2) is 8.41. The number of nitrogens with one attached hydrogen (secondary N) is 1. The minimum atomic E-state index is -0.347. The van der Waals surface area contributed by atoms with Crippen LogP contribution in [0.25, 0.3) is 11.4 Å². The average molecular weight is 406 g/mol. The number of amides is 1. The second-order valence-electron chi connectivity index (χ2n) is 5.78. The summed E-state index contributed by atoms with van der Waals surface area (Å²) in [4.78, 5) is 12.2. The van der Waals surface area contributed by atoms with Crippen molar-refractivity contribution in [3.8, 4) is 11.4 Å². The summed E-state index contributed by atoms with van der Waals surface area (Å²) in [6, 6.07) is 12.9. The van der Waals surface area contributed by atoms with Gasteiger partial charge in [0.05, 0.1) is 11.8 Å². The third-order valence-electron chi connectivity index (χ3n) is 3.85. The summed E-state index contributed by atoms with van der Waals surface area (Å²) in [5.41, 5.74) is 1.48. The van der Waals surface area contributed by atoms with Crippen molar-refractivity contribution in [2.75, 3.05) is 11.6 Å². The zero-order valence-corrected chi connectivity index (χ0v) is 16.0. The fraction of sp³-hybridized carbons (Fsp3) is 0.167. The smallest absolute Gasteiger partial charge is 0.230 e. The maximum Gasteiger partial charge on any atom is 0.230 e. The van der Waals surface area contributed by atoms with Gasteiger partial charge in [0, 0.05) is 10.6 Å². The molecule has 0 radical (unpaired) electrons. The van der Waals surface area contributed by atoms with Crippen molar-refractivity contribution in [2.24, 2.45) is 0 Å². The zero-order valence-electron chi connectivity index (χ0n) is 14.4. The van der Waals surface area contributed by atoms with E-state index in [0.29, 0.717) is 21.6 Å². The van der Waals surface area contributed by atoms with E-state index in [4.69, 9.17) is 17.4 Å². The largest absolute Gasteiger partial charge is 0.349 e. The van der Waals surface area contributed by atoms with Gasteiger partial charge in [0.1, 0.15) is 5.82 Å². The molecule has 3 rings (SSSR count). The lowest BCUT2D eigenvalue weighted by Crippen LogP contribution is -2.28. The van der Waals surface area contributed by atoms with Gasteiger partial charge in [0.25, 0.3) is 0 Å². The van der Waals surface area contributed by atoms with Crippen molar-refractivity contribution in [1.82, 2.24) is 20.2 Å². The topological polar surface area (TPSA) is 85.8 Å². The summed E-state index contributed by atoms with van der Waals surface area (Å²) in [5.74, 6) is 5.98. The number of nitrogen functional groups attached to an aromatic ring is 1. The molecule has 0 aliphatic carbocycles. The second-order valence-corrected chi connectivity index (χ2v) is 7.13. The first-order valence-electron chi connectivity index (χ1n) is 8.08. The predicted molar refractivity (Wildman–Crippen MR) is 104 cm³/mol. The molecule has 6 nitrogen and oxygen atoms in total. The Balaban J connectivity index is 1.61. The lowest BCUT2D eigenvalue weighted by Gasteiger charge is -2.15. The van der Waals surface area contributed by atoms with E-state index in [1.807, 2.05) is 25.1 Å². The molecule has 0 bridgehead atoms. The van der Waals surface area contributed by atoms with Crippen molar-refractivity contribution < 1.29 is 9.18 Å². The van der Waals surface area contributed by atoms with E-state index in [0.717, 1.165) is 17.3 Å². The van der Waals surface area contributed by atoms with E-state index in [2.05, 4.69) is 15.5 Å². The number of nitrogens with zero attached hydrogens (tertiary/aromatic N) is 3. The monoisotopic (exact) mass is 405 g/mol. The fourth-order valence-corrected chi connectivity index (χ4v) is 3.46. The first kappa shape index (κ1) is 19.2. The number of thioether (sulfide) groups is 1. The third kappa shape index (κ3) is 4.58. The molecule has 0 spiro atoms. The number of benzene rings is 2. The molecule has 0 aliphatic heterocycles. The summed E-state index contributed by atoms with van der Waals surface area (Å²) in [6.07, 6.45) is 0. The number of halogens is 2. The van der Waals surface area contributed by atoms with E-state index in [-0.39, 0.29) is 23.5 Å². The van der Waals surface area contributed by atoms with Crippen LogP contribution in [0.4, 0.5) is 4.39 Å². The Morgan fingerprint density at radius 1 is 1.26 bits per heavy atom. The summed E-state index contributed by atoms with van der Waals surface area (Å²) in [5, 5.41) is 11.9. The van der Waals surface area contributed by atoms with Crippen LogP contribution >= 0.6 is 23.4 Å². The van der Waals surface area contributed by atoms with Crippen molar-refractivity contribution in [3.05, 3.63) is 64.9 Å². The summed E-state index contributed by atoms with van der Waals surface area (Å²) in [7, 11) is 0. The van der Waals surface area contributed by atoms with Crippen molar-refractivity contribution in [1.29, 1.82) is 0 Å². The van der Waals surface area contributed by atoms with Gasteiger partial charge in [-0.15, -0.1) is 10.2 Å². The number of nitrogens with two attached hydrogens (primary N) is 1. The number of carbonyl (C=O) groups is 1. The van der Waals surface area contributed by atoms with Crippen LogP contribution in [0.2, 0.25) is 5.02 Å². The van der Waals surface area contributed by atoms with E-state index >= 15 is 0 Å². The van der Waals surface area contributed by atoms with E-state index in [9.17, 15) is 9.18 Å². The van der Waals surface area contributed by atoms with Gasteiger partial charge in [-0.2, -0.15) is 0 Å². The van der Waals surface area contributed by atoms with Crippen molar-refractivity contribution >= 4 is 29.3 Å². The molecular formula is C18H17ClFN5OS. The number of rotatable bonds is 6. The van der Waals surface area contributed by atoms with Gasteiger partial charge in [-0.3, -0.25) is 4.79 Å². The van der Waals surface area contributed by atoms with Gasteiger partial charge in [-0.05, 0) is 42.8 Å². The molecule has 0 saturated carbocycles. The molecule has 3 N–H and O–H groups in total. The Morgan fingerprint density at radius 2 is 1.96 bits per heavy atom. The lowest BCUT2D eigenvalue weighted by atomic mass is 10.1. The molecule has 140 valence electrons. The van der Waals surface area contributed by atoms with Gasteiger partial charge in [0.2, 0.25) is 11.1 Å². The predicted octanol–water partition coefficient (Wildman–Crippen LogP) is 3.42. The van der Waals surface area contributed by atoms with Crippen molar-refractivity contribution in [3.63, 3.8) is 0 Å². The highest BCUT2D eigenvalue weighted by Gasteiger charge is 2.16. The van der Waals surface area contributed by atoms with Gasteiger partial charge < -0.3 is 11.2 Å². The highest BCUT2D eigenvalue weighted by Crippen LogP contribution is 2.24. The Bertz CT molecular complexity index is 947. The van der Waals surface area contributed by atoms with Gasteiger partial charge in [-0.25, -0.2) is 9.07 Å². The molecule has 27 heavy (non-hydrogen) atoms. The lowest BCUT2D eigenvalue weighted by molar-refractivity contribution is -0.119. The fourth-order valence-electron chi connectivity index (χ4n) is 2.49. The summed E-state index contributed by atoms with van der Waals surface area (Å²) in [6.45, 7) is 1.86. The first-order valence-corrected chi connectivity index (χ1v) is 9.45. The molecule has 1 heterocycles. The Labute approximate surface area is 164 Å². The van der Waals surface area contributed by atoms with Crippen LogP contribution in [-0.2, 0) is 4.79 Å². The van der Waals surface area contributed by atoms with Crippen LogP contribution in [0.5, 0.6) is 0 Å². The van der Waals surface area contributed by atoms with Gasteiger partial charge in [-0.1, -0.05) is 41.6 Å². The van der Waals surface area contributed by atoms with Gasteiger partial charge >= 0.3 is 0 Å². The molecule has 0 aliphatic rings. The molecule has 3 aromatic rings. The molecule has 1 aromatic heterocycles. The number of hydrogen-bond donors (Lipinski definition) is 2. The highest BCUT2D eigenvalue weighted by molar-refractivity contribution is 7.99. The minimum Gasteiger partial charge on any atom is -0.349 e. The molecule has 0 saturated heterocycles. The Hall–Kier alpha value is -2.58. The zero-order chi connectivity index (χ0) is 19.4. The molecule has 0 unspecified atom stereocenters. The summed E-state index contributed by atoms with van der Waals surface area (Å²) < 4.78 is 14.3. The number of aromatic nitrogens is 3. The quantitative estimate of drug-likeness (QED) is 0.484. The average Bonchev–Trinajstić information content (AvgIpc) is 3.01. The van der Waals surface area contributed by atoms with Crippen molar-refractivity contribution in [2.45, 2.75) is 18.1 Å². The first-order chi connectivity index (χ1) is 13.0. The van der Waals surface area contributed by atoms with Crippen LogP contribution in [0, 0.1) is 5.82 Å². The van der Waals surface area contributed by atoms with E-state index in [1.165, 1.54) is 16.8 Å². The van der Waals surface area contributed by atoms with Crippen LogP contribution in [0.3, 0.4) is 0 Å². The Kier molecular flexibility index (Phi) is 5.98. The molecule has 1 amide bonds. The van der Waals surface area contributed by atoms with E-state index < -0.39 is 0 Å². The molecule has 9 heteroatoms. The molecule has 2 aromatic carbocycles. The number of carbonyl (C=O) groups excluding carboxylic acids is 1. The highest BCUT2D eigenvalue weighted by atomic mass is 35.5. The molecule has 1 atom stereocenters. The maximum absolute atomic E-state index is 13.0. The SMILES string of the molecule is C[C@H](NC(=O)CSc1nnc(-c2ccc(F)cc2)n1N)c1ccccc1Cl. The van der Waals surface area contributed by atoms with Gasteiger partial charge in [0.15, 0.2) is 5.82 Å². The summed E-state index contributed by atoms with van der Waals surface area (Å²) >= 11 is 7.31. The minimum absolute atomic E-state index is 0.119. The maximum atomic E-state index is 13.0. The third-order valence-corrected chi connectivity index (χ3v) is 5.14. The standard InChI is InChI=1S/C18H17ClFN5OS/c1-11(14-4-2-3-5-15(14)19)22-16(26)10-27-18-24-23-17(25(18)21)12-6-8-13(20)9-7-12/h2-9,11H,10,21H2,1H3,(H,22,26)/t11-/m0/s1. The Morgan fingerprint density at radius 3 is 2.67 bits per heavy atom. The van der Waals surface area contributed by atoms with Crippen LogP contribution in [0.1, 0.15) is 18.5 Å². The van der Waals surface area contributed by atoms with Crippen LogP contribution in [-0.4, -0.2) is 26.5 Å². The molecular weight excluding hydrogens is 389 g/mol. The number of hydrogen-bond acceptors (Lipinski definition) is 5. The molecule has 0 fully saturated rings. The van der Waals surface area contributed by atoms with Crippen LogP contribution < -0.4 is 11.2 Å². The normalized spacial score (nSPS) is 12.0.